The molecule has 0 aliphatic carbocycles. The Morgan fingerprint density at radius 2 is 1.80 bits per heavy atom. The number of benzene rings is 2. The zero-order valence-electron chi connectivity index (χ0n) is 19.4. The Kier molecular flexibility index (Phi) is 7.27. The van der Waals surface area contributed by atoms with Crippen LogP contribution in [0.1, 0.15) is 40.3 Å². The summed E-state index contributed by atoms with van der Waals surface area (Å²) < 4.78 is 15.9. The molecule has 4 rings (SSSR count). The molecule has 0 amide bonds. The molecule has 2 heterocycles. The van der Waals surface area contributed by atoms with Crippen molar-refractivity contribution in [2.24, 2.45) is 0 Å². The number of rotatable bonds is 7. The van der Waals surface area contributed by atoms with Crippen LogP contribution in [0.4, 0.5) is 0 Å². The summed E-state index contributed by atoms with van der Waals surface area (Å²) in [6.07, 6.45) is 1.10. The van der Waals surface area contributed by atoms with Crippen LogP contribution in [0.5, 0.6) is 0 Å². The monoisotopic (exact) mass is 490 g/mol. The minimum absolute atomic E-state index is 0.000924. The third-order valence-electron chi connectivity index (χ3n) is 5.57. The number of carbonyl (C=O) groups is 2. The quantitative estimate of drug-likeness (QED) is 0.293. The molecular formula is C27H23ClN2O5. The lowest BCUT2D eigenvalue weighted by atomic mass is 10.00. The Hall–Kier alpha value is -3.97. The Labute approximate surface area is 207 Å². The molecule has 2 aromatic carbocycles. The van der Waals surface area contributed by atoms with Crippen LogP contribution in [-0.2, 0) is 20.7 Å². The second-order valence-electron chi connectivity index (χ2n) is 7.91. The summed E-state index contributed by atoms with van der Waals surface area (Å²) in [5, 5.41) is 4.61. The lowest BCUT2D eigenvalue weighted by Crippen LogP contribution is -2.12. The van der Waals surface area contributed by atoms with Crippen molar-refractivity contribution in [1.82, 2.24) is 10.1 Å². The van der Waals surface area contributed by atoms with Gasteiger partial charge in [0.15, 0.2) is 5.76 Å². The molecule has 35 heavy (non-hydrogen) atoms. The Bertz CT molecular complexity index is 1360. The number of carbonyl (C=O) groups excluding carboxylic acids is 2. The van der Waals surface area contributed by atoms with Gasteiger partial charge in [-0.05, 0) is 37.6 Å². The maximum atomic E-state index is 12.8. The van der Waals surface area contributed by atoms with Gasteiger partial charge in [-0.15, -0.1) is 0 Å². The van der Waals surface area contributed by atoms with E-state index in [2.05, 4.69) is 10.1 Å². The molecule has 1 unspecified atom stereocenters. The summed E-state index contributed by atoms with van der Waals surface area (Å²) in [7, 11) is 1.31. The zero-order chi connectivity index (χ0) is 24.9. The molecule has 0 aliphatic rings. The minimum atomic E-state index is -0.497. The molecule has 0 spiro atoms. The first-order valence-corrected chi connectivity index (χ1v) is 11.3. The molecule has 0 bridgehead atoms. The van der Waals surface area contributed by atoms with Crippen molar-refractivity contribution in [2.75, 3.05) is 7.11 Å². The van der Waals surface area contributed by atoms with E-state index in [0.717, 1.165) is 22.3 Å². The van der Waals surface area contributed by atoms with Crippen molar-refractivity contribution in [1.29, 1.82) is 0 Å². The van der Waals surface area contributed by atoms with E-state index >= 15 is 0 Å². The molecule has 8 heteroatoms. The van der Waals surface area contributed by atoms with Crippen LogP contribution < -0.4 is 0 Å². The van der Waals surface area contributed by atoms with Gasteiger partial charge in [-0.2, -0.15) is 0 Å². The predicted octanol–water partition coefficient (Wildman–Crippen LogP) is 6.00. The maximum Gasteiger partial charge on any atom is 0.356 e. The van der Waals surface area contributed by atoms with E-state index in [0.29, 0.717) is 22.0 Å². The molecule has 0 fully saturated rings. The van der Waals surface area contributed by atoms with Gasteiger partial charge < -0.3 is 14.0 Å². The van der Waals surface area contributed by atoms with E-state index in [-0.39, 0.29) is 12.1 Å². The van der Waals surface area contributed by atoms with E-state index in [1.54, 1.807) is 38.2 Å². The molecule has 2 aromatic heterocycles. The predicted molar refractivity (Wildman–Crippen MR) is 131 cm³/mol. The summed E-state index contributed by atoms with van der Waals surface area (Å²) in [4.78, 5) is 28.6. The van der Waals surface area contributed by atoms with Crippen LogP contribution in [-0.4, -0.2) is 29.2 Å². The van der Waals surface area contributed by atoms with Crippen LogP contribution in [0.2, 0.25) is 5.02 Å². The summed E-state index contributed by atoms with van der Waals surface area (Å²) in [6.45, 7) is 3.57. The minimum Gasteiger partial charge on any atom is -0.464 e. The number of halogens is 1. The summed E-state index contributed by atoms with van der Waals surface area (Å²) in [6, 6.07) is 18.2. The second kappa shape index (κ2) is 10.5. The highest BCUT2D eigenvalue weighted by atomic mass is 35.5. The van der Waals surface area contributed by atoms with Crippen LogP contribution >= 0.6 is 11.6 Å². The molecule has 0 saturated carbocycles. The fourth-order valence-electron chi connectivity index (χ4n) is 3.71. The molecule has 0 saturated heterocycles. The number of aryl methyl sites for hydroxylation is 1. The number of esters is 2. The number of pyridine rings is 1. The van der Waals surface area contributed by atoms with E-state index in [1.165, 1.54) is 7.11 Å². The molecule has 1 atom stereocenters. The van der Waals surface area contributed by atoms with Gasteiger partial charge >= 0.3 is 11.9 Å². The Morgan fingerprint density at radius 3 is 2.51 bits per heavy atom. The summed E-state index contributed by atoms with van der Waals surface area (Å²) in [5.41, 5.74) is 4.65. The Morgan fingerprint density at radius 1 is 1.03 bits per heavy atom. The van der Waals surface area contributed by atoms with Crippen LogP contribution in [0, 0.1) is 6.92 Å². The maximum absolute atomic E-state index is 12.8. The number of ether oxygens (including phenoxy) is 2. The van der Waals surface area contributed by atoms with Gasteiger partial charge in [-0.1, -0.05) is 59.2 Å². The van der Waals surface area contributed by atoms with E-state index in [9.17, 15) is 9.59 Å². The first kappa shape index (κ1) is 24.2. The van der Waals surface area contributed by atoms with Gasteiger partial charge in [0.1, 0.15) is 11.8 Å². The molecule has 0 N–H and O–H groups in total. The lowest BCUT2D eigenvalue weighted by Gasteiger charge is -2.15. The summed E-state index contributed by atoms with van der Waals surface area (Å²) in [5.74, 6) is -0.419. The van der Waals surface area contributed by atoms with Gasteiger partial charge in [0, 0.05) is 33.5 Å². The van der Waals surface area contributed by atoms with Crippen molar-refractivity contribution >= 4 is 23.5 Å². The number of methoxy groups -OCH3 is 1. The smallest absolute Gasteiger partial charge is 0.356 e. The largest absolute Gasteiger partial charge is 0.464 e. The zero-order valence-corrected chi connectivity index (χ0v) is 20.2. The van der Waals surface area contributed by atoms with E-state index in [1.807, 2.05) is 42.5 Å². The highest BCUT2D eigenvalue weighted by Gasteiger charge is 2.21. The lowest BCUT2D eigenvalue weighted by molar-refractivity contribution is -0.147. The van der Waals surface area contributed by atoms with Gasteiger partial charge in [-0.25, -0.2) is 9.78 Å². The number of hydrogen-bond acceptors (Lipinski definition) is 7. The van der Waals surface area contributed by atoms with Crippen LogP contribution in [0.3, 0.4) is 0 Å². The molecule has 7 nitrogen and oxygen atoms in total. The third-order valence-corrected chi connectivity index (χ3v) is 5.92. The molecule has 4 aromatic rings. The second-order valence-corrected chi connectivity index (χ2v) is 8.32. The number of hydrogen-bond donors (Lipinski definition) is 0. The molecular weight excluding hydrogens is 468 g/mol. The molecule has 0 aliphatic heterocycles. The topological polar surface area (TPSA) is 91.5 Å². The van der Waals surface area contributed by atoms with Crippen molar-refractivity contribution in [3.05, 3.63) is 94.4 Å². The highest BCUT2D eigenvalue weighted by molar-refractivity contribution is 6.31. The first-order chi connectivity index (χ1) is 16.9. The van der Waals surface area contributed by atoms with Gasteiger partial charge in [0.2, 0.25) is 0 Å². The van der Waals surface area contributed by atoms with Crippen LogP contribution in [0.25, 0.3) is 22.5 Å². The number of nitrogens with zero attached hydrogens (tertiary/aromatic N) is 2. The third kappa shape index (κ3) is 5.41. The van der Waals surface area contributed by atoms with Crippen molar-refractivity contribution < 1.29 is 23.6 Å². The van der Waals surface area contributed by atoms with Crippen molar-refractivity contribution in [3.8, 4) is 22.5 Å². The van der Waals surface area contributed by atoms with Crippen LogP contribution in [0.15, 0.2) is 71.4 Å². The first-order valence-electron chi connectivity index (χ1n) is 10.9. The normalized spacial score (nSPS) is 11.7. The van der Waals surface area contributed by atoms with Gasteiger partial charge in [0.05, 0.1) is 19.2 Å². The number of aromatic nitrogens is 2. The fourth-order valence-corrected chi connectivity index (χ4v) is 3.99. The van der Waals surface area contributed by atoms with E-state index in [4.69, 9.17) is 25.6 Å². The standard InChI is InChI=1S/C27H23ClN2O5/c1-16-22(14-25(31)34-17(2)21-9-4-5-10-23(21)28)26(35-30-16)19-8-6-7-18(13-19)20-11-12-24(29-15-20)27(32)33-3/h4-13,15,17H,14H2,1-3H3. The molecule has 0 radical (unpaired) electrons. The van der Waals surface area contributed by atoms with Gasteiger partial charge in [-0.3, -0.25) is 4.79 Å². The fraction of sp³-hybridized carbons (Fsp3) is 0.185. The highest BCUT2D eigenvalue weighted by Crippen LogP contribution is 2.31. The average Bonchev–Trinajstić information content (AvgIpc) is 3.23. The van der Waals surface area contributed by atoms with Gasteiger partial charge in [0.25, 0.3) is 0 Å². The summed E-state index contributed by atoms with van der Waals surface area (Å²) >= 11 is 6.23. The molecule has 178 valence electrons. The van der Waals surface area contributed by atoms with E-state index < -0.39 is 18.0 Å². The van der Waals surface area contributed by atoms with Crippen molar-refractivity contribution in [3.63, 3.8) is 0 Å². The SMILES string of the molecule is COC(=O)c1ccc(-c2cccc(-c3onc(C)c3CC(=O)OC(C)c3ccccc3Cl)c2)cn1. The van der Waals surface area contributed by atoms with Crippen molar-refractivity contribution in [2.45, 2.75) is 26.4 Å². The Balaban J connectivity index is 1.55. The average molecular weight is 491 g/mol.